The van der Waals surface area contributed by atoms with Gasteiger partial charge in [-0.05, 0) is 12.8 Å². The van der Waals surface area contributed by atoms with Crippen molar-refractivity contribution in [3.63, 3.8) is 0 Å². The minimum absolute atomic E-state index is 0.0674. The van der Waals surface area contributed by atoms with Crippen molar-refractivity contribution in [2.24, 2.45) is 0 Å². The predicted molar refractivity (Wildman–Crippen MR) is 58.3 cm³/mol. The maximum absolute atomic E-state index is 10.7. The highest BCUT2D eigenvalue weighted by atomic mass is 32.1. The zero-order valence-corrected chi connectivity index (χ0v) is 8.83. The summed E-state index contributed by atoms with van der Waals surface area (Å²) in [5, 5.41) is 9.49. The highest BCUT2D eigenvalue weighted by Gasteiger charge is 2.25. The van der Waals surface area contributed by atoms with E-state index < -0.39 is 5.97 Å². The number of thiazole rings is 1. The Hall–Kier alpha value is -1.54. The molecule has 1 N–H and O–H groups in total. The van der Waals surface area contributed by atoms with E-state index in [4.69, 9.17) is 11.5 Å². The summed E-state index contributed by atoms with van der Waals surface area (Å²) in [6.07, 6.45) is 8.78. The number of hydrogen-bond donors (Lipinski definition) is 1. The lowest BCUT2D eigenvalue weighted by molar-refractivity contribution is 0.0702. The van der Waals surface area contributed by atoms with Crippen molar-refractivity contribution in [1.29, 1.82) is 0 Å². The molecule has 0 bridgehead atoms. The molecule has 1 aromatic heterocycles. The zero-order chi connectivity index (χ0) is 10.8. The van der Waals surface area contributed by atoms with Crippen LogP contribution in [0.4, 0.5) is 5.13 Å². The van der Waals surface area contributed by atoms with E-state index in [1.165, 1.54) is 17.5 Å². The van der Waals surface area contributed by atoms with Crippen molar-refractivity contribution in [3.05, 3.63) is 11.1 Å². The number of aromatic nitrogens is 1. The molecule has 15 heavy (non-hydrogen) atoms. The highest BCUT2D eigenvalue weighted by Crippen LogP contribution is 2.29. The van der Waals surface area contributed by atoms with Crippen LogP contribution in [0.25, 0.3) is 0 Å². The Morgan fingerprint density at radius 1 is 1.80 bits per heavy atom. The van der Waals surface area contributed by atoms with E-state index in [1.54, 1.807) is 0 Å². The van der Waals surface area contributed by atoms with Gasteiger partial charge >= 0.3 is 5.97 Å². The van der Waals surface area contributed by atoms with E-state index in [2.05, 4.69) is 10.9 Å². The van der Waals surface area contributed by atoms with Gasteiger partial charge in [-0.15, -0.1) is 6.42 Å². The van der Waals surface area contributed by atoms with E-state index in [9.17, 15) is 4.79 Å². The Morgan fingerprint density at radius 3 is 3.20 bits per heavy atom. The van der Waals surface area contributed by atoms with Gasteiger partial charge in [0, 0.05) is 6.54 Å². The fourth-order valence-electron chi connectivity index (χ4n) is 1.67. The molecule has 0 aliphatic carbocycles. The van der Waals surface area contributed by atoms with Crippen molar-refractivity contribution in [3.8, 4) is 12.3 Å². The van der Waals surface area contributed by atoms with Crippen molar-refractivity contribution in [2.75, 3.05) is 11.4 Å². The molecule has 1 atom stereocenters. The van der Waals surface area contributed by atoms with Gasteiger partial charge in [0.25, 0.3) is 0 Å². The monoisotopic (exact) mass is 222 g/mol. The smallest absolute Gasteiger partial charge is 0.347 e. The van der Waals surface area contributed by atoms with E-state index in [1.807, 2.05) is 4.90 Å². The lowest BCUT2D eigenvalue weighted by Crippen LogP contribution is -2.27. The number of anilines is 1. The number of hydrogen-bond acceptors (Lipinski definition) is 4. The first kappa shape index (κ1) is 9.99. The molecule has 2 rings (SSSR count). The Labute approximate surface area is 91.6 Å². The highest BCUT2D eigenvalue weighted by molar-refractivity contribution is 7.17. The van der Waals surface area contributed by atoms with Crippen LogP contribution in [0.15, 0.2) is 6.20 Å². The number of rotatable bonds is 2. The average Bonchev–Trinajstić information content (AvgIpc) is 2.85. The molecule has 1 aliphatic heterocycles. The molecule has 1 aromatic rings. The van der Waals surface area contributed by atoms with Gasteiger partial charge in [0.05, 0.1) is 12.2 Å². The van der Waals surface area contributed by atoms with Crippen molar-refractivity contribution in [1.82, 2.24) is 4.98 Å². The molecule has 1 aliphatic rings. The first-order valence-electron chi connectivity index (χ1n) is 4.64. The molecular weight excluding hydrogens is 212 g/mol. The Morgan fingerprint density at radius 2 is 2.60 bits per heavy atom. The molecule has 78 valence electrons. The Balaban J connectivity index is 2.22. The van der Waals surface area contributed by atoms with E-state index in [0.717, 1.165) is 19.4 Å². The summed E-state index contributed by atoms with van der Waals surface area (Å²) in [5.74, 6) is 1.76. The third-order valence-corrected chi connectivity index (χ3v) is 3.42. The quantitative estimate of drug-likeness (QED) is 0.769. The van der Waals surface area contributed by atoms with E-state index in [-0.39, 0.29) is 10.9 Å². The van der Waals surface area contributed by atoms with Gasteiger partial charge in [-0.25, -0.2) is 9.78 Å². The molecule has 0 radical (unpaired) electrons. The molecule has 5 heteroatoms. The number of aromatic carboxylic acids is 1. The van der Waals surface area contributed by atoms with E-state index in [0.29, 0.717) is 5.13 Å². The van der Waals surface area contributed by atoms with Crippen LogP contribution in [0.1, 0.15) is 22.5 Å². The summed E-state index contributed by atoms with van der Waals surface area (Å²) in [5.41, 5.74) is 0. The molecular formula is C10H10N2O2S. The van der Waals surface area contributed by atoms with Gasteiger partial charge in [0.1, 0.15) is 4.88 Å². The maximum Gasteiger partial charge on any atom is 0.347 e. The largest absolute Gasteiger partial charge is 0.477 e. The summed E-state index contributed by atoms with van der Waals surface area (Å²) in [6, 6.07) is 0.0674. The molecule has 0 spiro atoms. The summed E-state index contributed by atoms with van der Waals surface area (Å²) in [7, 11) is 0. The third-order valence-electron chi connectivity index (χ3n) is 2.40. The average molecular weight is 222 g/mol. The number of carboxylic acids is 1. The number of terminal acetylenes is 1. The van der Waals surface area contributed by atoms with Gasteiger partial charge < -0.3 is 10.0 Å². The molecule has 4 nitrogen and oxygen atoms in total. The summed E-state index contributed by atoms with van der Waals surface area (Å²) >= 11 is 1.18. The van der Waals surface area contributed by atoms with Gasteiger partial charge in [-0.1, -0.05) is 17.3 Å². The van der Waals surface area contributed by atoms with E-state index >= 15 is 0 Å². The molecule has 2 heterocycles. The molecule has 1 saturated heterocycles. The second-order valence-electron chi connectivity index (χ2n) is 3.33. The van der Waals surface area contributed by atoms with Gasteiger partial charge in [-0.2, -0.15) is 0 Å². The second-order valence-corrected chi connectivity index (χ2v) is 4.34. The lowest BCUT2D eigenvalue weighted by atomic mass is 10.2. The van der Waals surface area contributed by atoms with Crippen molar-refractivity contribution >= 4 is 22.4 Å². The summed E-state index contributed by atoms with van der Waals surface area (Å²) < 4.78 is 0. The maximum atomic E-state index is 10.7. The molecule has 0 amide bonds. The normalized spacial score (nSPS) is 20.2. The standard InChI is InChI=1S/C10H10N2O2S/c1-2-7-4-3-5-12(7)10-11-6-8(15-10)9(13)14/h1,6-7H,3-5H2,(H,13,14). The zero-order valence-electron chi connectivity index (χ0n) is 8.01. The fourth-order valence-corrected chi connectivity index (χ4v) is 2.50. The van der Waals surface area contributed by atoms with Gasteiger partial charge in [-0.3, -0.25) is 0 Å². The molecule has 1 fully saturated rings. The van der Waals surface area contributed by atoms with Crippen LogP contribution in [0.5, 0.6) is 0 Å². The minimum atomic E-state index is -0.935. The topological polar surface area (TPSA) is 53.4 Å². The Kier molecular flexibility index (Phi) is 2.60. The number of nitrogens with zero attached hydrogens (tertiary/aromatic N) is 2. The molecule has 0 aromatic carbocycles. The van der Waals surface area contributed by atoms with Crippen molar-refractivity contribution in [2.45, 2.75) is 18.9 Å². The van der Waals surface area contributed by atoms with Crippen LogP contribution in [0.2, 0.25) is 0 Å². The van der Waals surface area contributed by atoms with Crippen LogP contribution in [-0.2, 0) is 0 Å². The van der Waals surface area contributed by atoms with Crippen molar-refractivity contribution < 1.29 is 9.90 Å². The number of carbonyl (C=O) groups is 1. The van der Waals surface area contributed by atoms with Gasteiger partial charge in [0.15, 0.2) is 5.13 Å². The van der Waals surface area contributed by atoms with Crippen LogP contribution < -0.4 is 4.90 Å². The first-order chi connectivity index (χ1) is 7.22. The molecule has 1 unspecified atom stereocenters. The van der Waals surface area contributed by atoms with Crippen LogP contribution >= 0.6 is 11.3 Å². The second kappa shape index (κ2) is 3.91. The molecule has 0 saturated carbocycles. The fraction of sp³-hybridized carbons (Fsp3) is 0.400. The first-order valence-corrected chi connectivity index (χ1v) is 5.46. The summed E-state index contributed by atoms with van der Waals surface area (Å²) in [4.78, 5) is 17.0. The number of carboxylic acid groups (broad SMARTS) is 1. The minimum Gasteiger partial charge on any atom is -0.477 e. The summed E-state index contributed by atoms with van der Waals surface area (Å²) in [6.45, 7) is 0.863. The Bertz CT molecular complexity index is 421. The van der Waals surface area contributed by atoms with Crippen LogP contribution in [0.3, 0.4) is 0 Å². The van der Waals surface area contributed by atoms with Gasteiger partial charge in [0.2, 0.25) is 0 Å². The van der Waals surface area contributed by atoms with Crippen LogP contribution in [0, 0.1) is 12.3 Å². The lowest BCUT2D eigenvalue weighted by Gasteiger charge is -2.18. The predicted octanol–water partition coefficient (Wildman–Crippen LogP) is 1.44. The SMILES string of the molecule is C#CC1CCCN1c1ncc(C(=O)O)s1. The third kappa shape index (κ3) is 1.81. The van der Waals surface area contributed by atoms with Crippen LogP contribution in [-0.4, -0.2) is 28.6 Å².